The molecule has 0 aliphatic heterocycles. The summed E-state index contributed by atoms with van der Waals surface area (Å²) in [6.45, 7) is 1.72. The number of halogens is 1. The van der Waals surface area contributed by atoms with Gasteiger partial charge in [0.1, 0.15) is 30.8 Å². The molecule has 0 radical (unpaired) electrons. The molecule has 3 N–H and O–H groups in total. The van der Waals surface area contributed by atoms with Gasteiger partial charge >= 0.3 is 8.25 Å². The highest BCUT2D eigenvalue weighted by Crippen LogP contribution is 2.37. The Balaban J connectivity index is 1.65. The molecule has 39 heavy (non-hydrogen) atoms. The standard InChI is InChI=1S/C26H23ClN5O6P/c1-2-36-24-11-21-19(10-22(24)32-25(33)15-38-39(34)35)26(16(12-28)13-30-21)31-17-6-7-23(20(27)9-17)37-14-18-5-3-4-8-29-18/h3-11,13,39H,2,14-15H2,1H3,(H,30,31)(H,32,33)(H,34,35). The predicted molar refractivity (Wildman–Crippen MR) is 147 cm³/mol. The Kier molecular flexibility index (Phi) is 9.31. The van der Waals surface area contributed by atoms with Crippen LogP contribution in [-0.4, -0.2) is 34.0 Å². The summed E-state index contributed by atoms with van der Waals surface area (Å²) >= 11 is 6.47. The Bertz CT molecular complexity index is 1560. The van der Waals surface area contributed by atoms with Gasteiger partial charge in [-0.15, -0.1) is 0 Å². The molecule has 11 nitrogen and oxygen atoms in total. The van der Waals surface area contributed by atoms with Crippen LogP contribution in [0.25, 0.3) is 10.9 Å². The SMILES string of the molecule is CCOc1cc2ncc(C#N)c(Nc3ccc(OCc4ccccn4)c(Cl)c3)c2cc1NC(=O)CO[PH](=O)O. The molecule has 0 spiro atoms. The number of benzene rings is 2. The number of pyridine rings is 2. The Morgan fingerprint density at radius 1 is 1.15 bits per heavy atom. The lowest BCUT2D eigenvalue weighted by atomic mass is 10.1. The monoisotopic (exact) mass is 567 g/mol. The zero-order valence-corrected chi connectivity index (χ0v) is 22.4. The van der Waals surface area contributed by atoms with Gasteiger partial charge in [0.05, 0.1) is 39.8 Å². The zero-order chi connectivity index (χ0) is 27.8. The summed E-state index contributed by atoms with van der Waals surface area (Å²) < 4.78 is 26.8. The Morgan fingerprint density at radius 3 is 2.69 bits per heavy atom. The molecule has 200 valence electrons. The molecule has 0 aliphatic carbocycles. The highest BCUT2D eigenvalue weighted by atomic mass is 35.5. The molecular weight excluding hydrogens is 545 g/mol. The van der Waals surface area contributed by atoms with E-state index in [9.17, 15) is 14.6 Å². The summed E-state index contributed by atoms with van der Waals surface area (Å²) in [6, 6.07) is 16.0. The van der Waals surface area contributed by atoms with Crippen LogP contribution < -0.4 is 20.1 Å². The maximum Gasteiger partial charge on any atom is 0.317 e. The summed E-state index contributed by atoms with van der Waals surface area (Å²) in [5.41, 5.74) is 2.77. The molecular formula is C26H23ClN5O6P. The van der Waals surface area contributed by atoms with Crippen molar-refractivity contribution in [1.29, 1.82) is 5.26 Å². The third kappa shape index (κ3) is 7.22. The number of nitriles is 1. The topological polar surface area (TPSA) is 156 Å². The third-order valence-electron chi connectivity index (χ3n) is 5.29. The molecule has 0 aliphatic rings. The minimum atomic E-state index is -3.27. The maximum atomic E-state index is 12.3. The molecule has 4 aromatic rings. The molecule has 2 heterocycles. The quantitative estimate of drug-likeness (QED) is 0.205. The van der Waals surface area contributed by atoms with E-state index >= 15 is 0 Å². The molecule has 0 bridgehead atoms. The second-order valence-corrected chi connectivity index (χ2v) is 9.17. The summed E-state index contributed by atoms with van der Waals surface area (Å²) in [7, 11) is -3.27. The minimum absolute atomic E-state index is 0.248. The number of ether oxygens (including phenoxy) is 2. The van der Waals surface area contributed by atoms with Gasteiger partial charge in [0.25, 0.3) is 5.91 Å². The van der Waals surface area contributed by atoms with E-state index in [2.05, 4.69) is 31.2 Å². The molecule has 13 heteroatoms. The van der Waals surface area contributed by atoms with E-state index in [0.717, 1.165) is 5.69 Å². The lowest BCUT2D eigenvalue weighted by Gasteiger charge is -2.16. The van der Waals surface area contributed by atoms with Crippen molar-refractivity contribution in [3.8, 4) is 17.6 Å². The van der Waals surface area contributed by atoms with Crippen molar-refractivity contribution in [3.05, 3.63) is 77.2 Å². The minimum Gasteiger partial charge on any atom is -0.492 e. The summed E-state index contributed by atoms with van der Waals surface area (Å²) in [4.78, 5) is 29.7. The van der Waals surface area contributed by atoms with E-state index in [1.165, 1.54) is 6.20 Å². The van der Waals surface area contributed by atoms with Crippen molar-refractivity contribution in [2.24, 2.45) is 0 Å². The van der Waals surface area contributed by atoms with Gasteiger partial charge in [0.2, 0.25) is 0 Å². The largest absolute Gasteiger partial charge is 0.492 e. The van der Waals surface area contributed by atoms with E-state index in [-0.39, 0.29) is 17.9 Å². The highest BCUT2D eigenvalue weighted by molar-refractivity contribution is 7.32. The van der Waals surface area contributed by atoms with Gasteiger partial charge in [-0.2, -0.15) is 5.26 Å². The molecule has 4 rings (SSSR count). The summed E-state index contributed by atoms with van der Waals surface area (Å²) in [6.07, 6.45) is 3.11. The molecule has 2 aromatic carbocycles. The van der Waals surface area contributed by atoms with E-state index in [1.807, 2.05) is 18.2 Å². The van der Waals surface area contributed by atoms with Gasteiger partial charge in [-0.25, -0.2) is 0 Å². The van der Waals surface area contributed by atoms with Gasteiger partial charge in [0.15, 0.2) is 0 Å². The van der Waals surface area contributed by atoms with E-state index < -0.39 is 20.8 Å². The van der Waals surface area contributed by atoms with E-state index in [4.69, 9.17) is 26.0 Å². The smallest absolute Gasteiger partial charge is 0.317 e. The highest BCUT2D eigenvalue weighted by Gasteiger charge is 2.16. The Hall–Kier alpha value is -4.20. The van der Waals surface area contributed by atoms with Crippen molar-refractivity contribution >= 4 is 53.7 Å². The normalized spacial score (nSPS) is 11.4. The molecule has 0 saturated carbocycles. The molecule has 2 aromatic heterocycles. The number of hydrogen-bond acceptors (Lipinski definition) is 9. The van der Waals surface area contributed by atoms with Gasteiger partial charge in [0, 0.05) is 29.5 Å². The molecule has 1 atom stereocenters. The van der Waals surface area contributed by atoms with Crippen LogP contribution in [0.2, 0.25) is 5.02 Å². The van der Waals surface area contributed by atoms with Gasteiger partial charge < -0.3 is 29.5 Å². The predicted octanol–water partition coefficient (Wildman–Crippen LogP) is 5.21. The number of aromatic nitrogens is 2. The van der Waals surface area contributed by atoms with Crippen LogP contribution in [-0.2, 0) is 20.5 Å². The first-order valence-corrected chi connectivity index (χ1v) is 13.3. The number of anilines is 3. The Morgan fingerprint density at radius 2 is 2.00 bits per heavy atom. The third-order valence-corrected chi connectivity index (χ3v) is 5.98. The van der Waals surface area contributed by atoms with Crippen molar-refractivity contribution < 1.29 is 28.3 Å². The van der Waals surface area contributed by atoms with Crippen molar-refractivity contribution in [3.63, 3.8) is 0 Å². The van der Waals surface area contributed by atoms with Crippen molar-refractivity contribution in [1.82, 2.24) is 9.97 Å². The zero-order valence-electron chi connectivity index (χ0n) is 20.6. The number of carbonyl (C=O) groups is 1. The van der Waals surface area contributed by atoms with Gasteiger partial charge in [-0.3, -0.25) is 19.3 Å². The maximum absolute atomic E-state index is 12.3. The lowest BCUT2D eigenvalue weighted by Crippen LogP contribution is -2.17. The molecule has 0 saturated heterocycles. The fourth-order valence-electron chi connectivity index (χ4n) is 3.60. The van der Waals surface area contributed by atoms with Gasteiger partial charge in [-0.1, -0.05) is 17.7 Å². The number of amides is 1. The second-order valence-electron chi connectivity index (χ2n) is 7.94. The van der Waals surface area contributed by atoms with Crippen LogP contribution in [0.1, 0.15) is 18.2 Å². The van der Waals surface area contributed by atoms with Crippen LogP contribution >= 0.6 is 19.9 Å². The number of hydrogen-bond donors (Lipinski definition) is 3. The van der Waals surface area contributed by atoms with Crippen molar-refractivity contribution in [2.45, 2.75) is 13.5 Å². The summed E-state index contributed by atoms with van der Waals surface area (Å²) in [5.74, 6) is 0.136. The molecule has 1 amide bonds. The fourth-order valence-corrected chi connectivity index (χ4v) is 4.09. The van der Waals surface area contributed by atoms with Gasteiger partial charge in [-0.05, 0) is 43.3 Å². The average molecular weight is 568 g/mol. The van der Waals surface area contributed by atoms with Crippen LogP contribution in [0.3, 0.4) is 0 Å². The first-order valence-electron chi connectivity index (χ1n) is 11.6. The number of carbonyl (C=O) groups excluding carboxylic acids is 1. The summed E-state index contributed by atoms with van der Waals surface area (Å²) in [5, 5.41) is 16.5. The van der Waals surface area contributed by atoms with Crippen molar-refractivity contribution in [2.75, 3.05) is 23.8 Å². The van der Waals surface area contributed by atoms with Crippen LogP contribution in [0.5, 0.6) is 11.5 Å². The molecule has 0 fully saturated rings. The second kappa shape index (κ2) is 13.0. The number of rotatable bonds is 11. The van der Waals surface area contributed by atoms with Crippen LogP contribution in [0, 0.1) is 11.3 Å². The first-order chi connectivity index (χ1) is 18.9. The number of nitrogens with zero attached hydrogens (tertiary/aromatic N) is 3. The van der Waals surface area contributed by atoms with Crippen LogP contribution in [0.15, 0.2) is 60.9 Å². The number of fused-ring (bicyclic) bond motifs is 1. The average Bonchev–Trinajstić information content (AvgIpc) is 2.93. The van der Waals surface area contributed by atoms with E-state index in [0.29, 0.717) is 45.4 Å². The number of nitrogens with one attached hydrogen (secondary N) is 2. The van der Waals surface area contributed by atoms with Crippen LogP contribution in [0.4, 0.5) is 17.1 Å². The lowest BCUT2D eigenvalue weighted by molar-refractivity contribution is -0.118. The van der Waals surface area contributed by atoms with E-state index in [1.54, 1.807) is 43.5 Å². The fraction of sp³-hybridized carbons (Fsp3) is 0.154. The molecule has 1 unspecified atom stereocenters. The Labute approximate surface area is 229 Å². The first kappa shape index (κ1) is 27.8.